The monoisotopic (exact) mass is 346 g/mol. The van der Waals surface area contributed by atoms with Crippen molar-refractivity contribution in [1.82, 2.24) is 10.6 Å². The van der Waals surface area contributed by atoms with E-state index in [4.69, 9.17) is 4.74 Å². The van der Waals surface area contributed by atoms with E-state index in [1.165, 1.54) is 5.56 Å². The smallest absolute Gasteiger partial charge is 0.407 e. The van der Waals surface area contributed by atoms with Crippen LogP contribution in [0.5, 0.6) is 0 Å². The van der Waals surface area contributed by atoms with Gasteiger partial charge in [0.05, 0.1) is 5.41 Å². The number of amides is 2. The lowest BCUT2D eigenvalue weighted by molar-refractivity contribution is -0.123. The molecular formula is C20H30N2O3. The molecule has 1 saturated carbocycles. The van der Waals surface area contributed by atoms with E-state index in [2.05, 4.69) is 16.7 Å². The van der Waals surface area contributed by atoms with E-state index in [1.807, 2.05) is 52.8 Å². The first kappa shape index (κ1) is 19.3. The van der Waals surface area contributed by atoms with E-state index >= 15 is 0 Å². The molecule has 1 aromatic carbocycles. The quantitative estimate of drug-likeness (QED) is 0.830. The van der Waals surface area contributed by atoms with Crippen molar-refractivity contribution in [2.45, 2.75) is 58.5 Å². The van der Waals surface area contributed by atoms with E-state index in [0.29, 0.717) is 13.1 Å². The van der Waals surface area contributed by atoms with Gasteiger partial charge in [0.1, 0.15) is 5.60 Å². The van der Waals surface area contributed by atoms with E-state index in [-0.39, 0.29) is 17.2 Å². The number of hydrogen-bond donors (Lipinski definition) is 2. The minimum atomic E-state index is -0.506. The SMILES string of the molecule is Cc1cccc(C2(C(=O)NC[C@H](C)CNC(=O)OC(C)(C)C)CC2)c1. The van der Waals surface area contributed by atoms with Crippen molar-refractivity contribution in [1.29, 1.82) is 0 Å². The Balaban J connectivity index is 1.79. The fourth-order valence-electron chi connectivity index (χ4n) is 2.79. The maximum Gasteiger partial charge on any atom is 0.407 e. The Morgan fingerprint density at radius 3 is 2.40 bits per heavy atom. The van der Waals surface area contributed by atoms with Gasteiger partial charge >= 0.3 is 6.09 Å². The molecule has 138 valence electrons. The minimum Gasteiger partial charge on any atom is -0.444 e. The Kier molecular flexibility index (Phi) is 5.76. The maximum atomic E-state index is 12.6. The molecule has 1 atom stereocenters. The van der Waals surface area contributed by atoms with Crippen LogP contribution >= 0.6 is 0 Å². The molecule has 0 aliphatic heterocycles. The van der Waals surface area contributed by atoms with Gasteiger partial charge in [-0.25, -0.2) is 4.79 Å². The zero-order valence-electron chi connectivity index (χ0n) is 15.9. The van der Waals surface area contributed by atoms with Gasteiger partial charge in [-0.2, -0.15) is 0 Å². The second-order valence-electron chi connectivity index (χ2n) is 8.15. The first-order valence-electron chi connectivity index (χ1n) is 8.95. The molecule has 5 nitrogen and oxygen atoms in total. The minimum absolute atomic E-state index is 0.0854. The zero-order valence-corrected chi connectivity index (χ0v) is 15.9. The van der Waals surface area contributed by atoms with E-state index < -0.39 is 11.7 Å². The molecule has 0 unspecified atom stereocenters. The molecule has 5 heteroatoms. The molecule has 1 fully saturated rings. The Morgan fingerprint density at radius 1 is 1.20 bits per heavy atom. The summed E-state index contributed by atoms with van der Waals surface area (Å²) in [7, 11) is 0. The number of nitrogens with one attached hydrogen (secondary N) is 2. The molecular weight excluding hydrogens is 316 g/mol. The van der Waals surface area contributed by atoms with Gasteiger partial charge in [0, 0.05) is 13.1 Å². The summed E-state index contributed by atoms with van der Waals surface area (Å²) in [4.78, 5) is 24.3. The van der Waals surface area contributed by atoms with Crippen molar-refractivity contribution in [3.63, 3.8) is 0 Å². The zero-order chi connectivity index (χ0) is 18.7. The van der Waals surface area contributed by atoms with Crippen molar-refractivity contribution in [3.8, 4) is 0 Å². The molecule has 2 amide bonds. The average Bonchev–Trinajstić information content (AvgIpc) is 3.31. The van der Waals surface area contributed by atoms with Crippen LogP contribution in [0.4, 0.5) is 4.79 Å². The average molecular weight is 346 g/mol. The van der Waals surface area contributed by atoms with Gasteiger partial charge in [-0.05, 0) is 52.0 Å². The second kappa shape index (κ2) is 7.46. The highest BCUT2D eigenvalue weighted by Crippen LogP contribution is 2.48. The second-order valence-corrected chi connectivity index (χ2v) is 8.15. The van der Waals surface area contributed by atoms with Crippen molar-refractivity contribution in [3.05, 3.63) is 35.4 Å². The molecule has 2 rings (SSSR count). The maximum absolute atomic E-state index is 12.6. The normalized spacial score (nSPS) is 16.7. The Bertz CT molecular complexity index is 630. The largest absolute Gasteiger partial charge is 0.444 e. The van der Waals surface area contributed by atoms with E-state index in [9.17, 15) is 9.59 Å². The van der Waals surface area contributed by atoms with Crippen LogP contribution < -0.4 is 10.6 Å². The molecule has 0 aromatic heterocycles. The van der Waals surface area contributed by atoms with Gasteiger partial charge in [0.15, 0.2) is 0 Å². The first-order chi connectivity index (χ1) is 11.6. The van der Waals surface area contributed by atoms with Crippen LogP contribution in [0.15, 0.2) is 24.3 Å². The summed E-state index contributed by atoms with van der Waals surface area (Å²) in [5, 5.41) is 5.79. The highest BCUT2D eigenvalue weighted by Gasteiger charge is 2.51. The predicted octanol–water partition coefficient (Wildman–Crippen LogP) is 3.30. The van der Waals surface area contributed by atoms with Crippen molar-refractivity contribution >= 4 is 12.0 Å². The Labute approximate surface area is 150 Å². The molecule has 0 saturated heterocycles. The van der Waals surface area contributed by atoms with Gasteiger partial charge in [-0.3, -0.25) is 4.79 Å². The molecule has 0 spiro atoms. The standard InChI is InChI=1S/C20H30N2O3/c1-14-7-6-8-16(11-14)20(9-10-20)17(23)21-12-15(2)13-22-18(24)25-19(3,4)5/h6-8,11,15H,9-10,12-13H2,1-5H3,(H,21,23)(H,22,24)/t15-/m0/s1. The predicted molar refractivity (Wildman–Crippen MR) is 98.5 cm³/mol. The first-order valence-corrected chi connectivity index (χ1v) is 8.95. The van der Waals surface area contributed by atoms with Crippen LogP contribution in [0.1, 0.15) is 51.7 Å². The van der Waals surface area contributed by atoms with Crippen LogP contribution in [0.2, 0.25) is 0 Å². The number of carbonyl (C=O) groups excluding carboxylic acids is 2. The van der Waals surface area contributed by atoms with Crippen LogP contribution in [-0.2, 0) is 14.9 Å². The fourth-order valence-corrected chi connectivity index (χ4v) is 2.79. The number of rotatable bonds is 6. The van der Waals surface area contributed by atoms with Crippen molar-refractivity contribution in [2.75, 3.05) is 13.1 Å². The van der Waals surface area contributed by atoms with Crippen LogP contribution in [-0.4, -0.2) is 30.7 Å². The third-order valence-corrected chi connectivity index (χ3v) is 4.36. The molecule has 2 N–H and O–H groups in total. The third-order valence-electron chi connectivity index (χ3n) is 4.36. The molecule has 1 aromatic rings. The van der Waals surface area contributed by atoms with Gasteiger partial charge in [0.2, 0.25) is 5.91 Å². The summed E-state index contributed by atoms with van der Waals surface area (Å²) in [5.41, 5.74) is 1.41. The number of hydrogen-bond acceptors (Lipinski definition) is 3. The van der Waals surface area contributed by atoms with Crippen LogP contribution in [0.3, 0.4) is 0 Å². The third kappa shape index (κ3) is 5.48. The van der Waals surface area contributed by atoms with Gasteiger partial charge in [-0.1, -0.05) is 36.8 Å². The lowest BCUT2D eigenvalue weighted by Crippen LogP contribution is -2.41. The Hall–Kier alpha value is -2.04. The number of benzene rings is 1. The van der Waals surface area contributed by atoms with Crippen molar-refractivity contribution in [2.24, 2.45) is 5.92 Å². The molecule has 0 heterocycles. The summed E-state index contributed by atoms with van der Waals surface area (Å²) >= 11 is 0. The number of carbonyl (C=O) groups is 2. The molecule has 1 aliphatic rings. The van der Waals surface area contributed by atoms with Gasteiger partial charge in [0.25, 0.3) is 0 Å². The van der Waals surface area contributed by atoms with Crippen LogP contribution in [0.25, 0.3) is 0 Å². The molecule has 0 bridgehead atoms. The van der Waals surface area contributed by atoms with Crippen LogP contribution in [0, 0.1) is 12.8 Å². The van der Waals surface area contributed by atoms with Gasteiger partial charge < -0.3 is 15.4 Å². The number of aryl methyl sites for hydroxylation is 1. The Morgan fingerprint density at radius 2 is 1.84 bits per heavy atom. The summed E-state index contributed by atoms with van der Waals surface area (Å²) < 4.78 is 5.21. The molecule has 25 heavy (non-hydrogen) atoms. The lowest BCUT2D eigenvalue weighted by Gasteiger charge is -2.21. The van der Waals surface area contributed by atoms with Gasteiger partial charge in [-0.15, -0.1) is 0 Å². The number of alkyl carbamates (subject to hydrolysis) is 1. The summed E-state index contributed by atoms with van der Waals surface area (Å²) in [6.07, 6.45) is 1.36. The topological polar surface area (TPSA) is 67.4 Å². The van der Waals surface area contributed by atoms with E-state index in [1.54, 1.807) is 0 Å². The van der Waals surface area contributed by atoms with E-state index in [0.717, 1.165) is 18.4 Å². The summed E-state index contributed by atoms with van der Waals surface area (Å²) in [6, 6.07) is 8.18. The number of ether oxygens (including phenoxy) is 1. The highest BCUT2D eigenvalue weighted by molar-refractivity contribution is 5.91. The summed E-state index contributed by atoms with van der Waals surface area (Å²) in [6.45, 7) is 10.5. The summed E-state index contributed by atoms with van der Waals surface area (Å²) in [5.74, 6) is 0.215. The molecule has 0 radical (unpaired) electrons. The lowest BCUT2D eigenvalue weighted by atomic mass is 9.93. The highest BCUT2D eigenvalue weighted by atomic mass is 16.6. The van der Waals surface area contributed by atoms with Crippen molar-refractivity contribution < 1.29 is 14.3 Å². The molecule has 1 aliphatic carbocycles. The fraction of sp³-hybridized carbons (Fsp3) is 0.600.